The molecule has 7 nitrogen and oxygen atoms in total. The molecule has 0 bridgehead atoms. The van der Waals surface area contributed by atoms with Gasteiger partial charge in [0.25, 0.3) is 0 Å². The van der Waals surface area contributed by atoms with Gasteiger partial charge in [0.15, 0.2) is 6.29 Å². The van der Waals surface area contributed by atoms with Crippen LogP contribution in [0.3, 0.4) is 0 Å². The topological polar surface area (TPSA) is 112 Å². The van der Waals surface area contributed by atoms with Crippen LogP contribution in [0.15, 0.2) is 27.7 Å². The molecule has 126 valence electrons. The van der Waals surface area contributed by atoms with E-state index in [2.05, 4.69) is 20.9 Å². The Morgan fingerprint density at radius 1 is 1.30 bits per heavy atom. The minimum atomic E-state index is -1.95. The quantitative estimate of drug-likeness (QED) is 0.581. The van der Waals surface area contributed by atoms with Crippen LogP contribution in [0, 0.1) is 0 Å². The molecular formula is C14H15BrClNO6. The Balaban J connectivity index is 1.90. The first-order valence-corrected chi connectivity index (χ1v) is 7.98. The third-order valence-corrected chi connectivity index (χ3v) is 4.44. The van der Waals surface area contributed by atoms with E-state index in [1.807, 2.05) is 0 Å². The standard InChI is InChI=1S/C14H15BrClNO6/c15-5-1-2-7-6(3-5)12(13(16)17-7)23-14-11(21)10(20)9(19)8(4-18)22-14/h1-3,8-12,14,18-21H,4H2/t8-,9+,10+,11-,12?,14?/m1/s1/i12D. The summed E-state index contributed by atoms with van der Waals surface area (Å²) in [5.41, 5.74) is 0.765. The largest absolute Gasteiger partial charge is 0.394 e. The van der Waals surface area contributed by atoms with Crippen LogP contribution >= 0.6 is 27.5 Å². The fraction of sp³-hybridized carbons (Fsp3) is 0.500. The Morgan fingerprint density at radius 3 is 2.74 bits per heavy atom. The number of rotatable bonds is 3. The zero-order chi connectivity index (χ0) is 17.6. The number of hydrogen-bond acceptors (Lipinski definition) is 7. The van der Waals surface area contributed by atoms with Crippen molar-refractivity contribution in [1.29, 1.82) is 0 Å². The average Bonchev–Trinajstić information content (AvgIpc) is 2.79. The summed E-state index contributed by atoms with van der Waals surface area (Å²) in [7, 11) is 0. The summed E-state index contributed by atoms with van der Waals surface area (Å²) in [6.45, 7) is -0.597. The van der Waals surface area contributed by atoms with Gasteiger partial charge in [0.1, 0.15) is 35.7 Å². The smallest absolute Gasteiger partial charge is 0.187 e. The van der Waals surface area contributed by atoms with Crippen LogP contribution < -0.4 is 0 Å². The second-order valence-corrected chi connectivity index (χ2v) is 6.48. The molecule has 0 amide bonds. The third-order valence-electron chi connectivity index (χ3n) is 3.69. The van der Waals surface area contributed by atoms with E-state index in [9.17, 15) is 20.4 Å². The molecule has 0 radical (unpaired) electrons. The summed E-state index contributed by atoms with van der Waals surface area (Å²) in [6.07, 6.45) is -9.34. The first-order valence-electron chi connectivity index (χ1n) is 7.31. The first-order chi connectivity index (χ1) is 11.3. The van der Waals surface area contributed by atoms with Gasteiger partial charge in [-0.05, 0) is 18.2 Å². The SMILES string of the molecule is [2H]C1(OC2O[C@H](CO)[C@H](O)[C@H](O)[C@H]2O)C(Cl)=Nc2ccc(Br)cc21. The van der Waals surface area contributed by atoms with Crippen LogP contribution in [0.4, 0.5) is 5.69 Å². The second-order valence-electron chi connectivity index (χ2n) is 5.21. The van der Waals surface area contributed by atoms with E-state index >= 15 is 0 Å². The summed E-state index contributed by atoms with van der Waals surface area (Å²) in [4.78, 5) is 4.06. The van der Waals surface area contributed by atoms with Gasteiger partial charge < -0.3 is 29.9 Å². The zero-order valence-corrected chi connectivity index (χ0v) is 14.0. The Morgan fingerprint density at radius 2 is 2.04 bits per heavy atom. The molecule has 4 N–H and O–H groups in total. The summed E-state index contributed by atoms with van der Waals surface area (Å²) >= 11 is 9.36. The van der Waals surface area contributed by atoms with Crippen molar-refractivity contribution < 1.29 is 31.3 Å². The molecule has 3 rings (SSSR count). The highest BCUT2D eigenvalue weighted by Gasteiger charge is 2.46. The number of fused-ring (bicyclic) bond motifs is 1. The van der Waals surface area contributed by atoms with Crippen molar-refractivity contribution in [2.45, 2.75) is 36.8 Å². The maximum atomic E-state index is 10.1. The summed E-state index contributed by atoms with van der Waals surface area (Å²) in [6, 6.07) is 4.98. The predicted octanol–water partition coefficient (Wildman–Crippen LogP) is 0.589. The Bertz CT molecular complexity index is 677. The molecule has 1 fully saturated rings. The molecule has 9 heteroatoms. The van der Waals surface area contributed by atoms with Crippen molar-refractivity contribution in [2.24, 2.45) is 4.99 Å². The van der Waals surface area contributed by atoms with Gasteiger partial charge in [-0.25, -0.2) is 4.99 Å². The zero-order valence-electron chi connectivity index (χ0n) is 12.6. The van der Waals surface area contributed by atoms with E-state index in [4.69, 9.17) is 22.4 Å². The van der Waals surface area contributed by atoms with E-state index in [1.165, 1.54) is 0 Å². The van der Waals surface area contributed by atoms with Gasteiger partial charge in [-0.2, -0.15) is 0 Å². The van der Waals surface area contributed by atoms with E-state index in [0.717, 1.165) is 0 Å². The summed E-state index contributed by atoms with van der Waals surface area (Å²) in [5, 5.41) is 38.7. The van der Waals surface area contributed by atoms with Crippen molar-refractivity contribution in [2.75, 3.05) is 6.61 Å². The van der Waals surface area contributed by atoms with E-state index in [1.54, 1.807) is 18.2 Å². The van der Waals surface area contributed by atoms with Crippen LogP contribution in [0.25, 0.3) is 0 Å². The third kappa shape index (κ3) is 3.18. The molecule has 0 saturated carbocycles. The van der Waals surface area contributed by atoms with Crippen LogP contribution in [0.2, 0.25) is 0 Å². The number of halogens is 2. The summed E-state index contributed by atoms with van der Waals surface area (Å²) < 4.78 is 20.0. The highest BCUT2D eigenvalue weighted by Crippen LogP contribution is 2.40. The van der Waals surface area contributed by atoms with Crippen LogP contribution in [0.5, 0.6) is 0 Å². The van der Waals surface area contributed by atoms with E-state index in [0.29, 0.717) is 15.7 Å². The molecule has 1 saturated heterocycles. The monoisotopic (exact) mass is 408 g/mol. The van der Waals surface area contributed by atoms with Crippen molar-refractivity contribution in [3.8, 4) is 0 Å². The van der Waals surface area contributed by atoms with Crippen molar-refractivity contribution in [1.82, 2.24) is 0 Å². The number of nitrogens with zero attached hydrogens (tertiary/aromatic N) is 1. The molecule has 1 aromatic rings. The van der Waals surface area contributed by atoms with Gasteiger partial charge in [-0.15, -0.1) is 0 Å². The van der Waals surface area contributed by atoms with Gasteiger partial charge in [0.2, 0.25) is 0 Å². The Labute approximate surface area is 146 Å². The van der Waals surface area contributed by atoms with Crippen molar-refractivity contribution in [3.05, 3.63) is 28.2 Å². The Hall–Kier alpha value is -0.580. The number of aliphatic hydroxyl groups is 4. The highest BCUT2D eigenvalue weighted by atomic mass is 79.9. The molecule has 1 aromatic carbocycles. The molecule has 0 aromatic heterocycles. The minimum absolute atomic E-state index is 0.187. The van der Waals surface area contributed by atoms with E-state index < -0.39 is 43.4 Å². The summed E-state index contributed by atoms with van der Waals surface area (Å²) in [5.74, 6) is 0. The Kier molecular flexibility index (Phi) is 4.66. The molecule has 0 spiro atoms. The maximum absolute atomic E-state index is 10.1. The van der Waals surface area contributed by atoms with Gasteiger partial charge in [-0.3, -0.25) is 0 Å². The average molecular weight is 410 g/mol. The van der Waals surface area contributed by atoms with Crippen LogP contribution in [-0.4, -0.2) is 62.9 Å². The molecule has 2 heterocycles. The lowest BCUT2D eigenvalue weighted by molar-refractivity contribution is -0.306. The molecule has 0 aliphatic carbocycles. The van der Waals surface area contributed by atoms with Gasteiger partial charge >= 0.3 is 0 Å². The number of aliphatic hydroxyl groups excluding tert-OH is 4. The molecule has 2 unspecified atom stereocenters. The van der Waals surface area contributed by atoms with E-state index in [-0.39, 0.29) is 5.17 Å². The predicted molar refractivity (Wildman–Crippen MR) is 84.7 cm³/mol. The highest BCUT2D eigenvalue weighted by molar-refractivity contribution is 9.10. The van der Waals surface area contributed by atoms with Crippen LogP contribution in [-0.2, 0) is 9.47 Å². The molecule has 2 aliphatic heterocycles. The van der Waals surface area contributed by atoms with Gasteiger partial charge in [0, 0.05) is 10.0 Å². The second kappa shape index (κ2) is 6.73. The number of hydrogen-bond donors (Lipinski definition) is 4. The number of benzene rings is 1. The molecule has 6 atom stereocenters. The number of aliphatic imine (C=N–C) groups is 1. The lowest BCUT2D eigenvalue weighted by Gasteiger charge is -2.40. The van der Waals surface area contributed by atoms with Crippen molar-refractivity contribution in [3.63, 3.8) is 0 Å². The fourth-order valence-corrected chi connectivity index (χ4v) is 3.05. The van der Waals surface area contributed by atoms with Crippen molar-refractivity contribution >= 4 is 38.4 Å². The molecule has 2 aliphatic rings. The molecular weight excluding hydrogens is 394 g/mol. The normalized spacial score (nSPS) is 40.5. The van der Waals surface area contributed by atoms with Crippen LogP contribution in [0.1, 0.15) is 13.0 Å². The first kappa shape index (κ1) is 15.9. The maximum Gasteiger partial charge on any atom is 0.187 e. The minimum Gasteiger partial charge on any atom is -0.394 e. The fourth-order valence-electron chi connectivity index (χ4n) is 2.45. The number of ether oxygens (including phenoxy) is 2. The lowest BCUT2D eigenvalue weighted by atomic mass is 9.99. The van der Waals surface area contributed by atoms with Gasteiger partial charge in [-0.1, -0.05) is 27.5 Å². The molecule has 23 heavy (non-hydrogen) atoms. The lowest BCUT2D eigenvalue weighted by Crippen LogP contribution is -2.59. The van der Waals surface area contributed by atoms with Gasteiger partial charge in [0.05, 0.1) is 13.7 Å².